The van der Waals surface area contributed by atoms with Crippen LogP contribution < -0.4 is 10.5 Å². The van der Waals surface area contributed by atoms with Gasteiger partial charge in [0, 0.05) is 29.0 Å². The first-order valence-corrected chi connectivity index (χ1v) is 6.32. The minimum Gasteiger partial charge on any atom is -0.485 e. The highest BCUT2D eigenvalue weighted by Gasteiger charge is 2.12. The molecule has 0 radical (unpaired) electrons. The predicted molar refractivity (Wildman–Crippen MR) is 69.8 cm³/mol. The first-order valence-electron chi connectivity index (χ1n) is 5.53. The van der Waals surface area contributed by atoms with Gasteiger partial charge in [0.25, 0.3) is 0 Å². The Morgan fingerprint density at radius 2 is 2.21 bits per heavy atom. The maximum absolute atomic E-state index is 12.6. The Hall–Kier alpha value is -1.47. The van der Waals surface area contributed by atoms with Gasteiger partial charge >= 0.3 is 6.55 Å². The Labute approximate surface area is 117 Å². The van der Waals surface area contributed by atoms with Crippen molar-refractivity contribution in [3.05, 3.63) is 46.5 Å². The van der Waals surface area contributed by atoms with Crippen LogP contribution in [0.5, 0.6) is 5.75 Å². The van der Waals surface area contributed by atoms with Gasteiger partial charge in [-0.15, -0.1) is 0 Å². The standard InChI is InChI=1S/C12H12BrF2N3O/c13-9-1-2-10(8(5-9)6-16)19-7-11-17-3-4-18(11)12(14)15/h1-5,12H,6-7,16H2. The molecule has 2 N–H and O–H groups in total. The van der Waals surface area contributed by atoms with Crippen molar-refractivity contribution >= 4 is 15.9 Å². The number of imidazole rings is 1. The molecular weight excluding hydrogens is 320 g/mol. The van der Waals surface area contributed by atoms with Crippen molar-refractivity contribution in [2.24, 2.45) is 5.73 Å². The van der Waals surface area contributed by atoms with E-state index in [9.17, 15) is 8.78 Å². The van der Waals surface area contributed by atoms with E-state index < -0.39 is 6.55 Å². The molecule has 4 nitrogen and oxygen atoms in total. The fourth-order valence-electron chi connectivity index (χ4n) is 1.62. The zero-order chi connectivity index (χ0) is 13.8. The normalized spacial score (nSPS) is 11.0. The number of hydrogen-bond donors (Lipinski definition) is 1. The molecule has 2 rings (SSSR count). The highest BCUT2D eigenvalue weighted by Crippen LogP contribution is 2.24. The zero-order valence-corrected chi connectivity index (χ0v) is 11.5. The van der Waals surface area contributed by atoms with Crippen LogP contribution in [0.2, 0.25) is 0 Å². The summed E-state index contributed by atoms with van der Waals surface area (Å²) in [6, 6.07) is 5.37. The average molecular weight is 332 g/mol. The molecule has 0 atom stereocenters. The molecule has 0 saturated heterocycles. The summed E-state index contributed by atoms with van der Waals surface area (Å²) in [5, 5.41) is 0. The van der Waals surface area contributed by atoms with Crippen molar-refractivity contribution in [2.45, 2.75) is 19.7 Å². The molecule has 0 aliphatic carbocycles. The van der Waals surface area contributed by atoms with Gasteiger partial charge < -0.3 is 10.5 Å². The molecular formula is C12H12BrF2N3O. The van der Waals surface area contributed by atoms with E-state index in [-0.39, 0.29) is 12.4 Å². The fraction of sp³-hybridized carbons (Fsp3) is 0.250. The van der Waals surface area contributed by atoms with Gasteiger partial charge in [-0.05, 0) is 18.2 Å². The highest BCUT2D eigenvalue weighted by molar-refractivity contribution is 9.10. The monoisotopic (exact) mass is 331 g/mol. The largest absolute Gasteiger partial charge is 0.485 e. The first-order chi connectivity index (χ1) is 9.11. The van der Waals surface area contributed by atoms with Crippen molar-refractivity contribution in [3.63, 3.8) is 0 Å². The third-order valence-electron chi connectivity index (χ3n) is 2.56. The van der Waals surface area contributed by atoms with E-state index in [1.54, 1.807) is 12.1 Å². The van der Waals surface area contributed by atoms with Gasteiger partial charge in [0.2, 0.25) is 0 Å². The van der Waals surface area contributed by atoms with Crippen LogP contribution in [0.4, 0.5) is 8.78 Å². The van der Waals surface area contributed by atoms with Crippen molar-refractivity contribution in [2.75, 3.05) is 0 Å². The maximum atomic E-state index is 12.6. The van der Waals surface area contributed by atoms with Gasteiger partial charge in [-0.2, -0.15) is 8.78 Å². The number of halogens is 3. The van der Waals surface area contributed by atoms with Gasteiger partial charge in [-0.3, -0.25) is 4.57 Å². The quantitative estimate of drug-likeness (QED) is 0.915. The Bertz CT molecular complexity index is 560. The van der Waals surface area contributed by atoms with Crippen LogP contribution in [0, 0.1) is 0 Å². The molecule has 0 saturated carbocycles. The van der Waals surface area contributed by atoms with Crippen LogP contribution in [0.1, 0.15) is 17.9 Å². The van der Waals surface area contributed by atoms with E-state index in [0.29, 0.717) is 12.3 Å². The van der Waals surface area contributed by atoms with Crippen LogP contribution in [-0.4, -0.2) is 9.55 Å². The van der Waals surface area contributed by atoms with Gasteiger partial charge in [0.15, 0.2) is 5.82 Å². The van der Waals surface area contributed by atoms with Crippen LogP contribution in [-0.2, 0) is 13.2 Å². The Morgan fingerprint density at radius 1 is 1.42 bits per heavy atom. The molecule has 7 heteroatoms. The van der Waals surface area contributed by atoms with Gasteiger partial charge in [-0.25, -0.2) is 4.98 Å². The number of ether oxygens (including phenoxy) is 1. The molecule has 1 aromatic heterocycles. The lowest BCUT2D eigenvalue weighted by molar-refractivity contribution is 0.0632. The Kier molecular flexibility index (Phi) is 4.49. The molecule has 2 aromatic rings. The number of benzene rings is 1. The van der Waals surface area contributed by atoms with E-state index in [2.05, 4.69) is 20.9 Å². The lowest BCUT2D eigenvalue weighted by Gasteiger charge is -2.11. The Morgan fingerprint density at radius 3 is 2.89 bits per heavy atom. The molecule has 0 aliphatic heterocycles. The van der Waals surface area contributed by atoms with Gasteiger partial charge in [0.05, 0.1) is 0 Å². The Balaban J connectivity index is 2.12. The molecule has 19 heavy (non-hydrogen) atoms. The van der Waals surface area contributed by atoms with Gasteiger partial charge in [-0.1, -0.05) is 15.9 Å². The van der Waals surface area contributed by atoms with E-state index in [1.807, 2.05) is 6.07 Å². The third-order valence-corrected chi connectivity index (χ3v) is 3.05. The maximum Gasteiger partial charge on any atom is 0.320 e. The molecule has 0 bridgehead atoms. The summed E-state index contributed by atoms with van der Waals surface area (Å²) >= 11 is 3.33. The summed E-state index contributed by atoms with van der Waals surface area (Å²) in [4.78, 5) is 3.84. The minimum atomic E-state index is -2.63. The number of alkyl halides is 2. The second kappa shape index (κ2) is 6.12. The van der Waals surface area contributed by atoms with Crippen molar-refractivity contribution in [3.8, 4) is 5.75 Å². The molecule has 0 spiro atoms. The molecule has 102 valence electrons. The smallest absolute Gasteiger partial charge is 0.320 e. The van der Waals surface area contributed by atoms with E-state index in [1.165, 1.54) is 12.4 Å². The molecule has 1 heterocycles. The van der Waals surface area contributed by atoms with E-state index >= 15 is 0 Å². The predicted octanol–water partition coefficient (Wildman–Crippen LogP) is 3.08. The van der Waals surface area contributed by atoms with Gasteiger partial charge in [0.1, 0.15) is 12.4 Å². The summed E-state index contributed by atoms with van der Waals surface area (Å²) in [6.45, 7) is -2.36. The number of aromatic nitrogens is 2. The van der Waals surface area contributed by atoms with Crippen molar-refractivity contribution in [1.29, 1.82) is 0 Å². The molecule has 0 aliphatic rings. The van der Waals surface area contributed by atoms with Crippen LogP contribution in [0.25, 0.3) is 0 Å². The topological polar surface area (TPSA) is 53.1 Å². The van der Waals surface area contributed by atoms with Crippen molar-refractivity contribution in [1.82, 2.24) is 9.55 Å². The minimum absolute atomic E-state index is 0.0357. The summed E-state index contributed by atoms with van der Waals surface area (Å²) in [5.74, 6) is 0.732. The lowest BCUT2D eigenvalue weighted by atomic mass is 10.2. The molecule has 0 unspecified atom stereocenters. The third kappa shape index (κ3) is 3.30. The SMILES string of the molecule is NCc1cc(Br)ccc1OCc1nccn1C(F)F. The molecule has 0 amide bonds. The van der Waals surface area contributed by atoms with Crippen LogP contribution in [0.15, 0.2) is 35.1 Å². The number of hydrogen-bond acceptors (Lipinski definition) is 3. The molecule has 0 fully saturated rings. The van der Waals surface area contributed by atoms with E-state index in [4.69, 9.17) is 10.5 Å². The fourth-order valence-corrected chi connectivity index (χ4v) is 2.03. The number of nitrogens with zero attached hydrogens (tertiary/aromatic N) is 2. The zero-order valence-electron chi connectivity index (χ0n) is 9.89. The summed E-state index contributed by atoms with van der Waals surface area (Å²) in [5.41, 5.74) is 6.40. The van der Waals surface area contributed by atoms with E-state index in [0.717, 1.165) is 14.6 Å². The summed E-state index contributed by atoms with van der Waals surface area (Å²) < 4.78 is 32.4. The summed E-state index contributed by atoms with van der Waals surface area (Å²) in [6.07, 6.45) is 2.53. The van der Waals surface area contributed by atoms with Crippen LogP contribution >= 0.6 is 15.9 Å². The first kappa shape index (κ1) is 14.0. The highest BCUT2D eigenvalue weighted by atomic mass is 79.9. The number of nitrogens with two attached hydrogens (primary N) is 1. The summed E-state index contributed by atoms with van der Waals surface area (Å²) in [7, 11) is 0. The van der Waals surface area contributed by atoms with Crippen LogP contribution in [0.3, 0.4) is 0 Å². The second-order valence-corrected chi connectivity index (χ2v) is 4.69. The lowest BCUT2D eigenvalue weighted by Crippen LogP contribution is -2.08. The number of rotatable bonds is 5. The van der Waals surface area contributed by atoms with Crippen molar-refractivity contribution < 1.29 is 13.5 Å². The second-order valence-electron chi connectivity index (χ2n) is 3.77. The average Bonchev–Trinajstić information content (AvgIpc) is 2.85. The molecule has 1 aromatic carbocycles.